The van der Waals surface area contributed by atoms with E-state index >= 15 is 0 Å². The van der Waals surface area contributed by atoms with Crippen LogP contribution in [0.15, 0.2) is 12.1 Å². The normalized spacial score (nSPS) is 12.6. The second kappa shape index (κ2) is 5.51. The minimum atomic E-state index is -4.46. The van der Waals surface area contributed by atoms with Crippen LogP contribution < -0.4 is 5.32 Å². The first-order valence-corrected chi connectivity index (χ1v) is 5.53. The van der Waals surface area contributed by atoms with Crippen LogP contribution in [0.4, 0.5) is 19.0 Å². The van der Waals surface area contributed by atoms with Gasteiger partial charge in [0.15, 0.2) is 5.69 Å². The summed E-state index contributed by atoms with van der Waals surface area (Å²) in [6.07, 6.45) is -4.46. The second-order valence-electron chi connectivity index (χ2n) is 4.35. The summed E-state index contributed by atoms with van der Waals surface area (Å²) in [5, 5.41) is 9.47. The summed E-state index contributed by atoms with van der Waals surface area (Å²) >= 11 is 0. The molecular weight excluding hydrogens is 247 g/mol. The highest BCUT2D eigenvalue weighted by Gasteiger charge is 2.32. The molecule has 0 spiro atoms. The molecule has 0 saturated carbocycles. The summed E-state index contributed by atoms with van der Waals surface area (Å²) in [5.41, 5.74) is -1.42. The Balaban J connectivity index is 2.60. The fourth-order valence-electron chi connectivity index (χ4n) is 1.32. The summed E-state index contributed by atoms with van der Waals surface area (Å²) in [4.78, 5) is 0. The Bertz CT molecular complexity index is 376. The van der Waals surface area contributed by atoms with E-state index in [2.05, 4.69) is 15.5 Å². The molecule has 0 saturated heterocycles. The molecule has 0 aliphatic carbocycles. The molecule has 0 aliphatic heterocycles. The molecule has 0 fully saturated rings. The lowest BCUT2D eigenvalue weighted by Crippen LogP contribution is -2.33. The molecule has 4 nitrogen and oxygen atoms in total. The minimum Gasteiger partial charge on any atom is -0.374 e. The average molecular weight is 263 g/mol. The number of anilines is 1. The Morgan fingerprint density at radius 2 is 1.89 bits per heavy atom. The Morgan fingerprint density at radius 1 is 1.22 bits per heavy atom. The highest BCUT2D eigenvalue weighted by Crippen LogP contribution is 2.27. The van der Waals surface area contributed by atoms with E-state index in [-0.39, 0.29) is 5.82 Å². The smallest absolute Gasteiger partial charge is 0.374 e. The topological polar surface area (TPSA) is 47.0 Å². The van der Waals surface area contributed by atoms with Crippen molar-refractivity contribution in [1.29, 1.82) is 0 Å². The highest BCUT2D eigenvalue weighted by atomic mass is 19.4. The second-order valence-corrected chi connectivity index (χ2v) is 4.35. The van der Waals surface area contributed by atoms with Gasteiger partial charge in [0.1, 0.15) is 5.82 Å². The van der Waals surface area contributed by atoms with Gasteiger partial charge in [-0.15, -0.1) is 10.2 Å². The predicted octanol–water partition coefficient (Wildman–Crippen LogP) is 2.72. The lowest BCUT2D eigenvalue weighted by molar-refractivity contribution is -0.141. The minimum absolute atomic E-state index is 0.288. The number of halogens is 3. The maximum Gasteiger partial charge on any atom is 0.435 e. The summed E-state index contributed by atoms with van der Waals surface area (Å²) in [6.45, 7) is 6.62. The van der Waals surface area contributed by atoms with Gasteiger partial charge in [0.05, 0.1) is 5.60 Å². The molecule has 0 aromatic carbocycles. The zero-order valence-corrected chi connectivity index (χ0v) is 10.5. The van der Waals surface area contributed by atoms with Crippen molar-refractivity contribution < 1.29 is 17.9 Å². The zero-order valence-electron chi connectivity index (χ0n) is 10.5. The molecule has 1 heterocycles. The summed E-state index contributed by atoms with van der Waals surface area (Å²) in [7, 11) is 0. The van der Waals surface area contributed by atoms with E-state index in [4.69, 9.17) is 4.74 Å². The molecule has 0 aliphatic rings. The SMILES string of the molecule is CCOC(C)(C)CNc1ccc(C(F)(F)F)nn1. The van der Waals surface area contributed by atoms with E-state index in [9.17, 15) is 13.2 Å². The molecule has 7 heteroatoms. The molecule has 0 atom stereocenters. The Kier molecular flexibility index (Phi) is 4.50. The number of aromatic nitrogens is 2. The van der Waals surface area contributed by atoms with Crippen molar-refractivity contribution in [3.63, 3.8) is 0 Å². The maximum absolute atomic E-state index is 12.3. The third kappa shape index (κ3) is 4.48. The van der Waals surface area contributed by atoms with Gasteiger partial charge in [-0.1, -0.05) is 0 Å². The number of alkyl halides is 3. The first-order chi connectivity index (χ1) is 8.24. The van der Waals surface area contributed by atoms with E-state index in [0.717, 1.165) is 6.07 Å². The van der Waals surface area contributed by atoms with Gasteiger partial charge in [-0.2, -0.15) is 13.2 Å². The molecule has 102 valence electrons. The van der Waals surface area contributed by atoms with E-state index in [0.29, 0.717) is 13.2 Å². The van der Waals surface area contributed by atoms with Gasteiger partial charge >= 0.3 is 6.18 Å². The van der Waals surface area contributed by atoms with Crippen molar-refractivity contribution in [3.8, 4) is 0 Å². The van der Waals surface area contributed by atoms with E-state index in [1.54, 1.807) is 0 Å². The zero-order chi connectivity index (χ0) is 13.8. The summed E-state index contributed by atoms with van der Waals surface area (Å²) in [6, 6.07) is 2.14. The van der Waals surface area contributed by atoms with Gasteiger partial charge in [-0.3, -0.25) is 0 Å². The van der Waals surface area contributed by atoms with Gasteiger partial charge in [-0.25, -0.2) is 0 Å². The monoisotopic (exact) mass is 263 g/mol. The average Bonchev–Trinajstić information content (AvgIpc) is 2.26. The number of nitrogens with one attached hydrogen (secondary N) is 1. The largest absolute Gasteiger partial charge is 0.435 e. The maximum atomic E-state index is 12.3. The Hall–Kier alpha value is -1.37. The van der Waals surface area contributed by atoms with Gasteiger partial charge in [0.25, 0.3) is 0 Å². The van der Waals surface area contributed by atoms with Crippen LogP contribution in [0.25, 0.3) is 0 Å². The summed E-state index contributed by atoms with van der Waals surface area (Å²) < 4.78 is 42.2. The van der Waals surface area contributed by atoms with Crippen molar-refractivity contribution in [3.05, 3.63) is 17.8 Å². The van der Waals surface area contributed by atoms with Gasteiger partial charge < -0.3 is 10.1 Å². The van der Waals surface area contributed by atoms with E-state index < -0.39 is 17.5 Å². The summed E-state index contributed by atoms with van der Waals surface area (Å²) in [5.74, 6) is 0.288. The number of ether oxygens (including phenoxy) is 1. The van der Waals surface area contributed by atoms with Crippen LogP contribution in [0.3, 0.4) is 0 Å². The molecule has 0 bridgehead atoms. The van der Waals surface area contributed by atoms with Crippen molar-refractivity contribution in [2.24, 2.45) is 0 Å². The van der Waals surface area contributed by atoms with Gasteiger partial charge in [0, 0.05) is 13.2 Å². The molecular formula is C11H16F3N3O. The standard InChI is InChI=1S/C11H16F3N3O/c1-4-18-10(2,3)7-15-9-6-5-8(16-17-9)11(12,13)14/h5-6H,4,7H2,1-3H3,(H,15,17). The molecule has 1 aromatic rings. The Labute approximate surface area is 104 Å². The molecule has 18 heavy (non-hydrogen) atoms. The lowest BCUT2D eigenvalue weighted by Gasteiger charge is -2.25. The Morgan fingerprint density at radius 3 is 2.33 bits per heavy atom. The predicted molar refractivity (Wildman–Crippen MR) is 61.2 cm³/mol. The molecule has 0 radical (unpaired) electrons. The number of hydrogen-bond donors (Lipinski definition) is 1. The van der Waals surface area contributed by atoms with Gasteiger partial charge in [0.2, 0.25) is 0 Å². The lowest BCUT2D eigenvalue weighted by atomic mass is 10.1. The van der Waals surface area contributed by atoms with Crippen molar-refractivity contribution in [2.45, 2.75) is 32.5 Å². The van der Waals surface area contributed by atoms with Crippen LogP contribution >= 0.6 is 0 Å². The fourth-order valence-corrected chi connectivity index (χ4v) is 1.32. The fraction of sp³-hybridized carbons (Fsp3) is 0.636. The van der Waals surface area contributed by atoms with Crippen LogP contribution in [0.1, 0.15) is 26.5 Å². The first-order valence-electron chi connectivity index (χ1n) is 5.53. The molecule has 1 rings (SSSR count). The molecule has 0 unspecified atom stereocenters. The number of hydrogen-bond acceptors (Lipinski definition) is 4. The molecule has 1 N–H and O–H groups in total. The molecule has 1 aromatic heterocycles. The molecule has 0 amide bonds. The van der Waals surface area contributed by atoms with E-state index in [1.165, 1.54) is 6.07 Å². The van der Waals surface area contributed by atoms with Crippen LogP contribution in [-0.4, -0.2) is 29.0 Å². The van der Waals surface area contributed by atoms with Crippen LogP contribution in [0.5, 0.6) is 0 Å². The van der Waals surface area contributed by atoms with Crippen molar-refractivity contribution in [2.75, 3.05) is 18.5 Å². The van der Waals surface area contributed by atoms with Crippen LogP contribution in [0.2, 0.25) is 0 Å². The van der Waals surface area contributed by atoms with Crippen molar-refractivity contribution >= 4 is 5.82 Å². The first kappa shape index (κ1) is 14.7. The highest BCUT2D eigenvalue weighted by molar-refractivity contribution is 5.33. The third-order valence-corrected chi connectivity index (χ3v) is 2.19. The van der Waals surface area contributed by atoms with Gasteiger partial charge in [-0.05, 0) is 32.9 Å². The third-order valence-electron chi connectivity index (χ3n) is 2.19. The van der Waals surface area contributed by atoms with Crippen molar-refractivity contribution in [1.82, 2.24) is 10.2 Å². The van der Waals surface area contributed by atoms with Crippen LogP contribution in [-0.2, 0) is 10.9 Å². The van der Waals surface area contributed by atoms with E-state index in [1.807, 2.05) is 20.8 Å². The number of nitrogens with zero attached hydrogens (tertiary/aromatic N) is 2. The van der Waals surface area contributed by atoms with Crippen LogP contribution in [0, 0.1) is 0 Å². The number of rotatable bonds is 5. The quantitative estimate of drug-likeness (QED) is 0.887.